The maximum atomic E-state index is 10.2. The Morgan fingerprint density at radius 1 is 1.23 bits per heavy atom. The summed E-state index contributed by atoms with van der Waals surface area (Å²) >= 11 is 0. The molecule has 0 saturated carbocycles. The molecule has 0 radical (unpaired) electrons. The summed E-state index contributed by atoms with van der Waals surface area (Å²) in [6.45, 7) is 3.53. The lowest BCUT2D eigenvalue weighted by atomic mass is 10.1. The monoisotopic (exact) mass is 344 g/mol. The van der Waals surface area contributed by atoms with Gasteiger partial charge in [-0.3, -0.25) is 0 Å². The van der Waals surface area contributed by atoms with Crippen LogP contribution in [0.2, 0.25) is 0 Å². The van der Waals surface area contributed by atoms with Gasteiger partial charge in [0.05, 0.1) is 23.5 Å². The van der Waals surface area contributed by atoms with Gasteiger partial charge in [0.1, 0.15) is 6.07 Å². The molecule has 0 aliphatic carbocycles. The van der Waals surface area contributed by atoms with Gasteiger partial charge in [0.25, 0.3) is 0 Å². The van der Waals surface area contributed by atoms with E-state index in [9.17, 15) is 5.11 Å². The summed E-state index contributed by atoms with van der Waals surface area (Å²) in [4.78, 5) is 4.74. The maximum Gasteiger partial charge on any atom is 0.163 e. The topological polar surface area (TPSA) is 92.0 Å². The molecule has 0 spiro atoms. The Labute approximate surface area is 149 Å². The number of nitriles is 1. The van der Waals surface area contributed by atoms with Crippen molar-refractivity contribution >= 4 is 5.52 Å². The van der Waals surface area contributed by atoms with Crippen LogP contribution in [-0.4, -0.2) is 29.5 Å². The van der Waals surface area contributed by atoms with Gasteiger partial charge in [0, 0.05) is 23.0 Å². The number of hydrogen-bond acceptors (Lipinski definition) is 5. The van der Waals surface area contributed by atoms with Crippen LogP contribution >= 0.6 is 0 Å². The predicted molar refractivity (Wildman–Crippen MR) is 95.6 cm³/mol. The van der Waals surface area contributed by atoms with Crippen molar-refractivity contribution in [3.8, 4) is 23.1 Å². The second-order valence-electron chi connectivity index (χ2n) is 6.07. The lowest BCUT2D eigenvalue weighted by molar-refractivity contribution is 0.198. The van der Waals surface area contributed by atoms with E-state index in [4.69, 9.17) is 10.2 Å². The van der Waals surface area contributed by atoms with Crippen LogP contribution in [0.5, 0.6) is 0 Å². The number of aliphatic hydroxyl groups is 1. The van der Waals surface area contributed by atoms with E-state index in [1.807, 2.05) is 49.5 Å². The highest BCUT2D eigenvalue weighted by molar-refractivity contribution is 5.78. The maximum absolute atomic E-state index is 10.2. The zero-order valence-electron chi connectivity index (χ0n) is 14.3. The van der Waals surface area contributed by atoms with E-state index in [-0.39, 0.29) is 0 Å². The molecule has 7 nitrogen and oxygen atoms in total. The molecule has 128 valence electrons. The van der Waals surface area contributed by atoms with E-state index in [0.29, 0.717) is 17.1 Å². The molecular weight excluding hydrogens is 328 g/mol. The van der Waals surface area contributed by atoms with Gasteiger partial charge >= 0.3 is 0 Å². The molecule has 4 heterocycles. The molecule has 4 rings (SSSR count). The highest BCUT2D eigenvalue weighted by Crippen LogP contribution is 2.28. The second-order valence-corrected chi connectivity index (χ2v) is 6.07. The number of aryl methyl sites for hydroxylation is 1. The molecule has 4 aromatic heterocycles. The summed E-state index contributed by atoms with van der Waals surface area (Å²) in [7, 11) is 0. The van der Waals surface area contributed by atoms with Gasteiger partial charge in [0.2, 0.25) is 0 Å². The van der Waals surface area contributed by atoms with Gasteiger partial charge in [-0.15, -0.1) is 0 Å². The second kappa shape index (κ2) is 6.10. The van der Waals surface area contributed by atoms with Gasteiger partial charge < -0.3 is 5.11 Å². The van der Waals surface area contributed by atoms with Gasteiger partial charge in [0.15, 0.2) is 11.5 Å². The molecule has 7 heteroatoms. The van der Waals surface area contributed by atoms with Crippen LogP contribution in [0.1, 0.15) is 30.0 Å². The normalized spacial score (nSPS) is 12.2. The summed E-state index contributed by atoms with van der Waals surface area (Å²) < 4.78 is 3.38. The van der Waals surface area contributed by atoms with Crippen LogP contribution in [0.15, 0.2) is 48.8 Å². The van der Waals surface area contributed by atoms with E-state index >= 15 is 0 Å². The number of fused-ring (bicyclic) bond motifs is 1. The Kier molecular flexibility index (Phi) is 3.75. The lowest BCUT2D eigenvalue weighted by Crippen LogP contribution is -2.09. The van der Waals surface area contributed by atoms with Crippen LogP contribution < -0.4 is 0 Å². The molecule has 0 aliphatic rings. The van der Waals surface area contributed by atoms with Crippen LogP contribution in [-0.2, 0) is 0 Å². The van der Waals surface area contributed by atoms with E-state index in [2.05, 4.69) is 10.2 Å². The molecule has 1 unspecified atom stereocenters. The molecule has 1 atom stereocenters. The Morgan fingerprint density at radius 2 is 2.08 bits per heavy atom. The molecule has 0 bridgehead atoms. The van der Waals surface area contributed by atoms with Crippen molar-refractivity contribution in [2.45, 2.75) is 20.0 Å². The fourth-order valence-corrected chi connectivity index (χ4v) is 2.98. The van der Waals surface area contributed by atoms with Gasteiger partial charge in [-0.2, -0.15) is 15.5 Å². The number of aliphatic hydroxyl groups excluding tert-OH is 1. The van der Waals surface area contributed by atoms with E-state index in [1.54, 1.807) is 28.4 Å². The van der Waals surface area contributed by atoms with Crippen molar-refractivity contribution in [3.63, 3.8) is 0 Å². The summed E-state index contributed by atoms with van der Waals surface area (Å²) in [6, 6.07) is 13.3. The molecule has 0 aromatic carbocycles. The molecule has 4 aromatic rings. The average molecular weight is 344 g/mol. The number of aromatic nitrogens is 5. The minimum Gasteiger partial charge on any atom is -0.389 e. The molecule has 26 heavy (non-hydrogen) atoms. The third-order valence-corrected chi connectivity index (χ3v) is 4.26. The first-order valence-corrected chi connectivity index (χ1v) is 8.17. The molecule has 0 aliphatic heterocycles. The lowest BCUT2D eigenvalue weighted by Gasteiger charge is -2.14. The average Bonchev–Trinajstić information content (AvgIpc) is 3.24. The summed E-state index contributed by atoms with van der Waals surface area (Å²) in [6.07, 6.45) is 2.92. The summed E-state index contributed by atoms with van der Waals surface area (Å²) in [5.41, 5.74) is 4.26. The van der Waals surface area contributed by atoms with E-state index in [0.717, 1.165) is 22.5 Å². The SMILES string of the molecule is Cc1cc(C#N)nn1-c1nc(-c2cnn3ccccc23)ccc1C(C)O. The van der Waals surface area contributed by atoms with Crippen LogP contribution in [0.3, 0.4) is 0 Å². The third kappa shape index (κ3) is 2.53. The van der Waals surface area contributed by atoms with Gasteiger partial charge in [-0.05, 0) is 38.1 Å². The number of pyridine rings is 2. The molecule has 0 saturated heterocycles. The Bertz CT molecular complexity index is 1150. The van der Waals surface area contributed by atoms with Crippen molar-refractivity contribution in [1.29, 1.82) is 5.26 Å². The fraction of sp³-hybridized carbons (Fsp3) is 0.158. The highest BCUT2D eigenvalue weighted by Gasteiger charge is 2.17. The van der Waals surface area contributed by atoms with Gasteiger partial charge in [-0.1, -0.05) is 12.1 Å². The zero-order valence-corrected chi connectivity index (χ0v) is 14.3. The minimum atomic E-state index is -0.718. The number of rotatable bonds is 3. The Morgan fingerprint density at radius 3 is 2.81 bits per heavy atom. The smallest absolute Gasteiger partial charge is 0.163 e. The van der Waals surface area contributed by atoms with Crippen molar-refractivity contribution in [2.24, 2.45) is 0 Å². The van der Waals surface area contributed by atoms with Crippen LogP contribution in [0.25, 0.3) is 22.6 Å². The zero-order chi connectivity index (χ0) is 18.3. The molecule has 1 N–H and O–H groups in total. The van der Waals surface area contributed by atoms with Crippen LogP contribution in [0.4, 0.5) is 0 Å². The Balaban J connectivity index is 1.94. The predicted octanol–water partition coefficient (Wildman–Crippen LogP) is 2.82. The van der Waals surface area contributed by atoms with E-state index in [1.165, 1.54) is 0 Å². The Hall–Kier alpha value is -3.50. The number of nitrogens with zero attached hydrogens (tertiary/aromatic N) is 6. The minimum absolute atomic E-state index is 0.308. The largest absolute Gasteiger partial charge is 0.389 e. The number of hydrogen-bond donors (Lipinski definition) is 1. The van der Waals surface area contributed by atoms with Crippen LogP contribution in [0, 0.1) is 18.3 Å². The van der Waals surface area contributed by atoms with E-state index < -0.39 is 6.10 Å². The standard InChI is InChI=1S/C19H16N6O/c1-12-9-14(10-20)23-25(12)19-15(13(2)26)6-7-17(22-19)16-11-21-24-8-4-3-5-18(16)24/h3-9,11,13,26H,1-2H3. The van der Waals surface area contributed by atoms with Crippen molar-refractivity contribution < 1.29 is 5.11 Å². The van der Waals surface area contributed by atoms with Crippen molar-refractivity contribution in [2.75, 3.05) is 0 Å². The summed E-state index contributed by atoms with van der Waals surface area (Å²) in [5.74, 6) is 0.506. The first-order chi connectivity index (χ1) is 12.6. The van der Waals surface area contributed by atoms with Crippen molar-refractivity contribution in [3.05, 3.63) is 65.7 Å². The first kappa shape index (κ1) is 16.0. The molecular formula is C19H16N6O. The quantitative estimate of drug-likeness (QED) is 0.617. The molecule has 0 fully saturated rings. The molecule has 0 amide bonds. The van der Waals surface area contributed by atoms with Crippen molar-refractivity contribution in [1.82, 2.24) is 24.4 Å². The fourth-order valence-electron chi connectivity index (χ4n) is 2.98. The summed E-state index contributed by atoms with van der Waals surface area (Å²) in [5, 5.41) is 27.9. The first-order valence-electron chi connectivity index (χ1n) is 8.17. The highest BCUT2D eigenvalue weighted by atomic mass is 16.3. The third-order valence-electron chi connectivity index (χ3n) is 4.26. The van der Waals surface area contributed by atoms with Gasteiger partial charge in [-0.25, -0.2) is 14.2 Å².